The highest BCUT2D eigenvalue weighted by atomic mass is 16.6. The average Bonchev–Trinajstić information content (AvgIpc) is 2.46. The molecule has 1 heterocycles. The smallest absolute Gasteiger partial charge is 0.408 e. The van der Waals surface area contributed by atoms with Crippen LogP contribution in [-0.4, -0.2) is 46.3 Å². The number of hydrogen-bond donors (Lipinski definition) is 2. The number of piperidine rings is 1. The van der Waals surface area contributed by atoms with Gasteiger partial charge in [-0.15, -0.1) is 0 Å². The van der Waals surface area contributed by atoms with Crippen molar-refractivity contribution in [2.75, 3.05) is 13.1 Å². The van der Waals surface area contributed by atoms with Gasteiger partial charge in [-0.05, 0) is 45.7 Å². The summed E-state index contributed by atoms with van der Waals surface area (Å²) in [5.41, 5.74) is -0.853. The number of hydrogen-bond acceptors (Lipinski definition) is 4. The van der Waals surface area contributed by atoms with E-state index in [1.54, 1.807) is 20.8 Å². The molecular formula is C18H26N2O4. The number of nitrogens with one attached hydrogen (secondary N) is 1. The normalized spacial score (nSPS) is 22.0. The molecule has 2 N–H and O–H groups in total. The molecule has 2 rings (SSSR count). The maximum atomic E-state index is 12.1. The molecule has 1 amide bonds. The number of benzene rings is 1. The van der Waals surface area contributed by atoms with Crippen molar-refractivity contribution in [1.82, 2.24) is 10.2 Å². The summed E-state index contributed by atoms with van der Waals surface area (Å²) in [6.07, 6.45) is 0.411. The fraction of sp³-hybridized carbons (Fsp3) is 0.556. The van der Waals surface area contributed by atoms with Crippen LogP contribution in [0, 0.1) is 0 Å². The van der Waals surface area contributed by atoms with Crippen LogP contribution in [0.1, 0.15) is 39.2 Å². The van der Waals surface area contributed by atoms with Crippen LogP contribution in [0.25, 0.3) is 0 Å². The number of alkyl carbamates (subject to hydrolysis) is 1. The highest BCUT2D eigenvalue weighted by Crippen LogP contribution is 2.24. The number of nitrogens with zero attached hydrogens (tertiary/aromatic N) is 1. The van der Waals surface area contributed by atoms with Gasteiger partial charge in [0.1, 0.15) is 5.60 Å². The first kappa shape index (κ1) is 18.3. The van der Waals surface area contributed by atoms with E-state index in [-0.39, 0.29) is 6.54 Å². The summed E-state index contributed by atoms with van der Waals surface area (Å²) >= 11 is 0. The summed E-state index contributed by atoms with van der Waals surface area (Å²) in [7, 11) is 0. The van der Waals surface area contributed by atoms with Crippen LogP contribution in [-0.2, 0) is 16.1 Å². The first-order chi connectivity index (χ1) is 11.2. The molecule has 1 aromatic carbocycles. The second kappa shape index (κ2) is 7.21. The number of ether oxygens (including phenoxy) is 1. The fourth-order valence-electron chi connectivity index (χ4n) is 2.95. The van der Waals surface area contributed by atoms with Gasteiger partial charge in [0.05, 0.1) is 0 Å². The maximum Gasteiger partial charge on any atom is 0.408 e. The highest BCUT2D eigenvalue weighted by molar-refractivity contribution is 5.85. The van der Waals surface area contributed by atoms with Gasteiger partial charge >= 0.3 is 12.1 Å². The molecule has 0 unspecified atom stereocenters. The van der Waals surface area contributed by atoms with E-state index in [2.05, 4.69) is 10.2 Å². The van der Waals surface area contributed by atoms with Crippen LogP contribution in [0.3, 0.4) is 0 Å². The molecule has 0 spiro atoms. The van der Waals surface area contributed by atoms with Gasteiger partial charge in [0.25, 0.3) is 0 Å². The van der Waals surface area contributed by atoms with Crippen molar-refractivity contribution in [2.24, 2.45) is 0 Å². The summed E-state index contributed by atoms with van der Waals surface area (Å²) in [4.78, 5) is 26.0. The summed E-state index contributed by atoms with van der Waals surface area (Å²) in [5.74, 6) is -1.02. The van der Waals surface area contributed by atoms with Gasteiger partial charge in [-0.3, -0.25) is 4.90 Å². The molecule has 0 bridgehead atoms. The lowest BCUT2D eigenvalue weighted by atomic mass is 9.89. The van der Waals surface area contributed by atoms with Crippen molar-refractivity contribution in [2.45, 2.75) is 51.3 Å². The molecule has 132 valence electrons. The van der Waals surface area contributed by atoms with Gasteiger partial charge in [-0.1, -0.05) is 30.3 Å². The van der Waals surface area contributed by atoms with Crippen molar-refractivity contribution in [1.29, 1.82) is 0 Å². The van der Waals surface area contributed by atoms with Crippen LogP contribution < -0.4 is 5.32 Å². The molecule has 1 fully saturated rings. The van der Waals surface area contributed by atoms with E-state index in [9.17, 15) is 14.7 Å². The third kappa shape index (κ3) is 4.96. The lowest BCUT2D eigenvalue weighted by Gasteiger charge is -2.40. The minimum Gasteiger partial charge on any atom is -0.479 e. The standard InChI is InChI=1S/C18H26N2O4/c1-17(2,3)24-16(23)19-18(15(21)22)10-7-11-20(13-18)12-14-8-5-4-6-9-14/h4-6,8-9H,7,10-13H2,1-3H3,(H,19,23)(H,21,22)/t18-/m0/s1. The van der Waals surface area contributed by atoms with Crippen LogP contribution >= 0.6 is 0 Å². The predicted octanol–water partition coefficient (Wildman–Crippen LogP) is 2.63. The van der Waals surface area contributed by atoms with Crippen molar-refractivity contribution in [3.63, 3.8) is 0 Å². The second-order valence-electron chi connectivity index (χ2n) is 7.31. The second-order valence-corrected chi connectivity index (χ2v) is 7.31. The zero-order chi connectivity index (χ0) is 17.8. The topological polar surface area (TPSA) is 78.9 Å². The highest BCUT2D eigenvalue weighted by Gasteiger charge is 2.44. The molecule has 0 aromatic heterocycles. The minimum absolute atomic E-state index is 0.260. The van der Waals surface area contributed by atoms with Gasteiger partial charge in [-0.25, -0.2) is 9.59 Å². The van der Waals surface area contributed by atoms with Crippen LogP contribution in [0.4, 0.5) is 4.79 Å². The van der Waals surface area contributed by atoms with E-state index < -0.39 is 23.2 Å². The lowest BCUT2D eigenvalue weighted by molar-refractivity contribution is -0.147. The molecule has 1 aliphatic rings. The van der Waals surface area contributed by atoms with Gasteiger partial charge in [0.2, 0.25) is 0 Å². The Balaban J connectivity index is 2.08. The van der Waals surface area contributed by atoms with Gasteiger partial charge in [-0.2, -0.15) is 0 Å². The number of carboxylic acid groups (broad SMARTS) is 1. The molecule has 1 aliphatic heterocycles. The Kier molecular flexibility index (Phi) is 5.49. The Labute approximate surface area is 142 Å². The Bertz CT molecular complexity index is 582. The summed E-state index contributed by atoms with van der Waals surface area (Å²) in [6.45, 7) is 6.98. The third-order valence-corrected chi connectivity index (χ3v) is 3.97. The number of carboxylic acids is 1. The number of carbonyl (C=O) groups is 2. The fourth-order valence-corrected chi connectivity index (χ4v) is 2.95. The molecule has 6 heteroatoms. The zero-order valence-electron chi connectivity index (χ0n) is 14.5. The van der Waals surface area contributed by atoms with E-state index in [0.29, 0.717) is 19.4 Å². The third-order valence-electron chi connectivity index (χ3n) is 3.97. The molecule has 0 aliphatic carbocycles. The monoisotopic (exact) mass is 334 g/mol. The maximum absolute atomic E-state index is 12.1. The van der Waals surface area contributed by atoms with Crippen LogP contribution in [0.15, 0.2) is 30.3 Å². The summed E-state index contributed by atoms with van der Waals surface area (Å²) < 4.78 is 5.24. The van der Waals surface area contributed by atoms with E-state index >= 15 is 0 Å². The van der Waals surface area contributed by atoms with Crippen LogP contribution in [0.5, 0.6) is 0 Å². The van der Waals surface area contributed by atoms with Crippen LogP contribution in [0.2, 0.25) is 0 Å². The quantitative estimate of drug-likeness (QED) is 0.885. The van der Waals surface area contributed by atoms with Crippen molar-refractivity contribution in [3.05, 3.63) is 35.9 Å². The lowest BCUT2D eigenvalue weighted by Crippen LogP contribution is -2.63. The first-order valence-corrected chi connectivity index (χ1v) is 8.21. The van der Waals surface area contributed by atoms with Gasteiger partial charge in [0, 0.05) is 13.1 Å². The predicted molar refractivity (Wildman–Crippen MR) is 90.7 cm³/mol. The molecule has 1 atom stereocenters. The van der Waals surface area contributed by atoms with E-state index in [1.165, 1.54) is 0 Å². The molecule has 6 nitrogen and oxygen atoms in total. The van der Waals surface area contributed by atoms with Crippen molar-refractivity contribution < 1.29 is 19.4 Å². The summed E-state index contributed by atoms with van der Waals surface area (Å²) in [6, 6.07) is 9.90. The Hall–Kier alpha value is -2.08. The van der Waals surface area contributed by atoms with E-state index in [0.717, 1.165) is 12.1 Å². The number of amides is 1. The van der Waals surface area contributed by atoms with Gasteiger partial charge in [0.15, 0.2) is 5.54 Å². The first-order valence-electron chi connectivity index (χ1n) is 8.21. The molecule has 0 saturated carbocycles. The Morgan fingerprint density at radius 1 is 1.29 bits per heavy atom. The minimum atomic E-state index is -1.31. The summed E-state index contributed by atoms with van der Waals surface area (Å²) in [5, 5.41) is 12.3. The molecular weight excluding hydrogens is 308 g/mol. The molecule has 24 heavy (non-hydrogen) atoms. The van der Waals surface area contributed by atoms with E-state index in [4.69, 9.17) is 4.74 Å². The SMILES string of the molecule is CC(C)(C)OC(=O)N[C@@]1(C(=O)O)CCCN(Cc2ccccc2)C1. The Morgan fingerprint density at radius 3 is 2.54 bits per heavy atom. The number of aliphatic carboxylic acids is 1. The molecule has 1 saturated heterocycles. The zero-order valence-corrected chi connectivity index (χ0v) is 14.5. The van der Waals surface area contributed by atoms with Crippen molar-refractivity contribution in [3.8, 4) is 0 Å². The van der Waals surface area contributed by atoms with Crippen molar-refractivity contribution >= 4 is 12.1 Å². The van der Waals surface area contributed by atoms with E-state index in [1.807, 2.05) is 30.3 Å². The van der Waals surface area contributed by atoms with Gasteiger partial charge < -0.3 is 15.2 Å². The molecule has 0 radical (unpaired) electrons. The average molecular weight is 334 g/mol. The molecule has 1 aromatic rings. The number of likely N-dealkylation sites (tertiary alicyclic amines) is 1. The number of carbonyl (C=O) groups excluding carboxylic acids is 1. The number of rotatable bonds is 4. The Morgan fingerprint density at radius 2 is 1.96 bits per heavy atom. The largest absolute Gasteiger partial charge is 0.479 e.